The highest BCUT2D eigenvalue weighted by Gasteiger charge is 2.07. The minimum Gasteiger partial charge on any atom is -0.493 e. The van der Waals surface area contributed by atoms with Crippen molar-refractivity contribution in [1.29, 1.82) is 5.26 Å². The molecule has 0 saturated heterocycles. The average molecular weight is 270 g/mol. The summed E-state index contributed by atoms with van der Waals surface area (Å²) in [7, 11) is 3.27. The van der Waals surface area contributed by atoms with Crippen LogP contribution in [0.15, 0.2) is 42.8 Å². The van der Waals surface area contributed by atoms with Gasteiger partial charge in [0.1, 0.15) is 0 Å². The zero-order valence-electron chi connectivity index (χ0n) is 11.7. The van der Waals surface area contributed by atoms with Crippen molar-refractivity contribution in [2.45, 2.75) is 6.42 Å². The lowest BCUT2D eigenvalue weighted by molar-refractivity contribution is 0.354. The van der Waals surface area contributed by atoms with Crippen molar-refractivity contribution in [3.05, 3.63) is 48.3 Å². The molecule has 0 unspecified atom stereocenters. The SMILES string of the molecule is COc1ccc(CCN2C=CC(C#N)C=C2)cc1OC. The fraction of sp³-hybridized carbons (Fsp3) is 0.312. The quantitative estimate of drug-likeness (QED) is 0.825. The van der Waals surface area contributed by atoms with Gasteiger partial charge in [-0.05, 0) is 36.3 Å². The Labute approximate surface area is 119 Å². The minimum atomic E-state index is -0.104. The van der Waals surface area contributed by atoms with Crippen LogP contribution in [0.25, 0.3) is 0 Å². The fourth-order valence-electron chi connectivity index (χ4n) is 2.05. The maximum atomic E-state index is 8.80. The third-order valence-electron chi connectivity index (χ3n) is 3.23. The summed E-state index contributed by atoms with van der Waals surface area (Å²) in [5.41, 5.74) is 1.19. The van der Waals surface area contributed by atoms with Gasteiger partial charge < -0.3 is 14.4 Å². The summed E-state index contributed by atoms with van der Waals surface area (Å²) in [4.78, 5) is 2.07. The number of ether oxygens (including phenoxy) is 2. The summed E-state index contributed by atoms with van der Waals surface area (Å²) < 4.78 is 10.5. The van der Waals surface area contributed by atoms with Crippen molar-refractivity contribution in [2.24, 2.45) is 5.92 Å². The Kier molecular flexibility index (Phi) is 4.67. The molecule has 2 rings (SSSR count). The van der Waals surface area contributed by atoms with Gasteiger partial charge in [0.2, 0.25) is 0 Å². The third-order valence-corrected chi connectivity index (χ3v) is 3.23. The molecule has 0 saturated carbocycles. The number of methoxy groups -OCH3 is 2. The lowest BCUT2D eigenvalue weighted by Crippen LogP contribution is -2.16. The molecule has 0 amide bonds. The lowest BCUT2D eigenvalue weighted by atomic mass is 10.1. The lowest BCUT2D eigenvalue weighted by Gasteiger charge is -2.19. The zero-order valence-corrected chi connectivity index (χ0v) is 11.7. The predicted molar refractivity (Wildman–Crippen MR) is 77.3 cm³/mol. The first-order valence-electron chi connectivity index (χ1n) is 6.49. The van der Waals surface area contributed by atoms with E-state index >= 15 is 0 Å². The Morgan fingerprint density at radius 1 is 1.15 bits per heavy atom. The molecule has 0 bridgehead atoms. The third kappa shape index (κ3) is 3.33. The van der Waals surface area contributed by atoms with Crippen LogP contribution in [0.3, 0.4) is 0 Å². The molecule has 1 aromatic carbocycles. The van der Waals surface area contributed by atoms with Crippen LogP contribution in [0.1, 0.15) is 5.56 Å². The molecule has 0 atom stereocenters. The molecular weight excluding hydrogens is 252 g/mol. The average Bonchev–Trinajstić information content (AvgIpc) is 2.53. The van der Waals surface area contributed by atoms with E-state index < -0.39 is 0 Å². The number of hydrogen-bond donors (Lipinski definition) is 0. The highest BCUT2D eigenvalue weighted by molar-refractivity contribution is 5.43. The van der Waals surface area contributed by atoms with Gasteiger partial charge in [0.15, 0.2) is 11.5 Å². The van der Waals surface area contributed by atoms with Gasteiger partial charge in [0, 0.05) is 18.9 Å². The van der Waals surface area contributed by atoms with E-state index in [1.807, 2.05) is 42.8 Å². The molecule has 0 radical (unpaired) electrons. The molecule has 1 aliphatic heterocycles. The van der Waals surface area contributed by atoms with Crippen LogP contribution in [-0.2, 0) is 6.42 Å². The van der Waals surface area contributed by atoms with Gasteiger partial charge in [-0.15, -0.1) is 0 Å². The van der Waals surface area contributed by atoms with Crippen LogP contribution in [0, 0.1) is 17.2 Å². The van der Waals surface area contributed by atoms with Gasteiger partial charge >= 0.3 is 0 Å². The molecule has 0 N–H and O–H groups in total. The number of allylic oxidation sites excluding steroid dienone is 2. The highest BCUT2D eigenvalue weighted by Crippen LogP contribution is 2.27. The van der Waals surface area contributed by atoms with Gasteiger partial charge in [-0.2, -0.15) is 5.26 Å². The van der Waals surface area contributed by atoms with Crippen molar-refractivity contribution in [2.75, 3.05) is 20.8 Å². The standard InChI is InChI=1S/C16H18N2O2/c1-19-15-4-3-13(11-16(15)20-2)5-8-18-9-6-14(12-17)7-10-18/h3-4,6-7,9-11,14H,5,8H2,1-2H3. The molecule has 4 nitrogen and oxygen atoms in total. The summed E-state index contributed by atoms with van der Waals surface area (Å²) >= 11 is 0. The Balaban J connectivity index is 1.95. The second-order valence-corrected chi connectivity index (χ2v) is 4.52. The van der Waals surface area contributed by atoms with Gasteiger partial charge in [-0.1, -0.05) is 6.07 Å². The fourth-order valence-corrected chi connectivity index (χ4v) is 2.05. The summed E-state index contributed by atoms with van der Waals surface area (Å²) in [6.45, 7) is 0.862. The van der Waals surface area contributed by atoms with Crippen molar-refractivity contribution in [1.82, 2.24) is 4.90 Å². The Hall–Kier alpha value is -2.41. The molecule has 20 heavy (non-hydrogen) atoms. The maximum absolute atomic E-state index is 8.80. The number of benzene rings is 1. The summed E-state index contributed by atoms with van der Waals surface area (Å²) in [5, 5.41) is 8.80. The van der Waals surface area contributed by atoms with E-state index in [2.05, 4.69) is 11.0 Å². The Morgan fingerprint density at radius 3 is 2.45 bits per heavy atom. The Morgan fingerprint density at radius 2 is 1.85 bits per heavy atom. The first-order valence-corrected chi connectivity index (χ1v) is 6.49. The number of hydrogen-bond acceptors (Lipinski definition) is 4. The molecule has 1 heterocycles. The molecule has 0 aliphatic carbocycles. The highest BCUT2D eigenvalue weighted by atomic mass is 16.5. The van der Waals surface area contributed by atoms with Gasteiger partial charge in [-0.25, -0.2) is 0 Å². The molecule has 104 valence electrons. The van der Waals surface area contributed by atoms with Crippen LogP contribution in [0.4, 0.5) is 0 Å². The molecule has 0 aromatic heterocycles. The van der Waals surface area contributed by atoms with Gasteiger partial charge in [0.05, 0.1) is 26.2 Å². The second-order valence-electron chi connectivity index (χ2n) is 4.52. The normalized spacial score (nSPS) is 14.2. The number of rotatable bonds is 5. The molecule has 1 aliphatic rings. The van der Waals surface area contributed by atoms with Crippen LogP contribution in [0.5, 0.6) is 11.5 Å². The van der Waals surface area contributed by atoms with Crippen molar-refractivity contribution in [3.8, 4) is 17.6 Å². The van der Waals surface area contributed by atoms with Crippen molar-refractivity contribution >= 4 is 0 Å². The maximum Gasteiger partial charge on any atom is 0.160 e. The first-order chi connectivity index (χ1) is 9.76. The topological polar surface area (TPSA) is 45.5 Å². The molecule has 0 fully saturated rings. The predicted octanol–water partition coefficient (Wildman–Crippen LogP) is 2.73. The summed E-state index contributed by atoms with van der Waals surface area (Å²) in [6, 6.07) is 8.15. The van der Waals surface area contributed by atoms with Crippen LogP contribution < -0.4 is 9.47 Å². The molecule has 0 spiro atoms. The molecular formula is C16H18N2O2. The van der Waals surface area contributed by atoms with E-state index in [4.69, 9.17) is 14.7 Å². The van der Waals surface area contributed by atoms with Crippen LogP contribution in [0.2, 0.25) is 0 Å². The van der Waals surface area contributed by atoms with Crippen LogP contribution >= 0.6 is 0 Å². The van der Waals surface area contributed by atoms with Crippen LogP contribution in [-0.4, -0.2) is 25.7 Å². The van der Waals surface area contributed by atoms with E-state index in [1.54, 1.807) is 14.2 Å². The van der Waals surface area contributed by atoms with Gasteiger partial charge in [0.25, 0.3) is 0 Å². The molecule has 1 aromatic rings. The number of nitriles is 1. The van der Waals surface area contributed by atoms with E-state index in [9.17, 15) is 0 Å². The number of nitrogens with zero attached hydrogens (tertiary/aromatic N) is 2. The first kappa shape index (κ1) is 14.0. The minimum absolute atomic E-state index is 0.104. The Bertz CT molecular complexity index is 544. The van der Waals surface area contributed by atoms with E-state index in [0.29, 0.717) is 0 Å². The van der Waals surface area contributed by atoms with Crippen molar-refractivity contribution in [3.63, 3.8) is 0 Å². The summed E-state index contributed by atoms with van der Waals surface area (Å²) in [6.07, 6.45) is 8.60. The van der Waals surface area contributed by atoms with E-state index in [0.717, 1.165) is 24.5 Å². The zero-order chi connectivity index (χ0) is 14.4. The largest absolute Gasteiger partial charge is 0.493 e. The second kappa shape index (κ2) is 6.67. The summed E-state index contributed by atoms with van der Waals surface area (Å²) in [5.74, 6) is 1.39. The monoisotopic (exact) mass is 270 g/mol. The molecule has 4 heteroatoms. The smallest absolute Gasteiger partial charge is 0.160 e. The van der Waals surface area contributed by atoms with E-state index in [-0.39, 0.29) is 5.92 Å². The van der Waals surface area contributed by atoms with Gasteiger partial charge in [-0.3, -0.25) is 0 Å². The van der Waals surface area contributed by atoms with Crippen molar-refractivity contribution < 1.29 is 9.47 Å². The van der Waals surface area contributed by atoms with E-state index in [1.165, 1.54) is 5.56 Å².